The number of aromatic nitrogens is 3. The van der Waals surface area contributed by atoms with Crippen LogP contribution < -0.4 is 0 Å². The minimum atomic E-state index is -0.770. The summed E-state index contributed by atoms with van der Waals surface area (Å²) in [5.41, 5.74) is 6.04. The Morgan fingerprint density at radius 2 is 2.04 bits per heavy atom. The Hall–Kier alpha value is -2.11. The van der Waals surface area contributed by atoms with Crippen LogP contribution in [-0.4, -0.2) is 25.7 Å². The Kier molecular flexibility index (Phi) is 6.02. The summed E-state index contributed by atoms with van der Waals surface area (Å²) >= 11 is 12.2. The van der Waals surface area contributed by atoms with E-state index < -0.39 is 5.97 Å². The molecule has 0 atom stereocenters. The zero-order valence-corrected chi connectivity index (χ0v) is 16.8. The van der Waals surface area contributed by atoms with E-state index in [9.17, 15) is 4.79 Å². The van der Waals surface area contributed by atoms with Gasteiger partial charge in [0.2, 0.25) is 0 Å². The van der Waals surface area contributed by atoms with Crippen molar-refractivity contribution in [3.63, 3.8) is 0 Å². The molecule has 27 heavy (non-hydrogen) atoms. The van der Waals surface area contributed by atoms with Crippen molar-refractivity contribution >= 4 is 34.7 Å². The molecule has 0 radical (unpaired) electrons. The standard InChI is InChI=1S/C20H21Cl2N3O2/c1-3-14-8-9-17-19(13-10-16(21)20(22)23-11-13)15(12(2)24-25(14)17)6-4-5-7-18(26)27/h8-11H,3-7H2,1-2H3,(H,26,27). The lowest BCUT2D eigenvalue weighted by Gasteiger charge is -2.16. The van der Waals surface area contributed by atoms with Gasteiger partial charge in [-0.2, -0.15) is 5.10 Å². The van der Waals surface area contributed by atoms with E-state index in [0.29, 0.717) is 11.4 Å². The van der Waals surface area contributed by atoms with Gasteiger partial charge in [-0.15, -0.1) is 0 Å². The summed E-state index contributed by atoms with van der Waals surface area (Å²) in [4.78, 5) is 15.0. The molecule has 0 bridgehead atoms. The van der Waals surface area contributed by atoms with E-state index in [1.165, 1.54) is 0 Å². The van der Waals surface area contributed by atoms with E-state index in [2.05, 4.69) is 24.0 Å². The molecule has 3 rings (SSSR count). The lowest BCUT2D eigenvalue weighted by molar-refractivity contribution is -0.137. The van der Waals surface area contributed by atoms with E-state index in [4.69, 9.17) is 33.4 Å². The van der Waals surface area contributed by atoms with Crippen LogP contribution in [-0.2, 0) is 17.6 Å². The van der Waals surface area contributed by atoms with Crippen molar-refractivity contribution in [2.45, 2.75) is 46.0 Å². The zero-order chi connectivity index (χ0) is 19.6. The van der Waals surface area contributed by atoms with Gasteiger partial charge in [-0.3, -0.25) is 4.79 Å². The van der Waals surface area contributed by atoms with Crippen molar-refractivity contribution in [1.82, 2.24) is 14.6 Å². The number of carboxylic acids is 1. The van der Waals surface area contributed by atoms with Gasteiger partial charge in [-0.05, 0) is 56.4 Å². The Morgan fingerprint density at radius 1 is 1.26 bits per heavy atom. The van der Waals surface area contributed by atoms with Gasteiger partial charge in [0.05, 0.1) is 16.2 Å². The smallest absolute Gasteiger partial charge is 0.303 e. The minimum absolute atomic E-state index is 0.170. The van der Waals surface area contributed by atoms with Gasteiger partial charge in [0.1, 0.15) is 5.15 Å². The first kappa shape index (κ1) is 19.6. The van der Waals surface area contributed by atoms with Gasteiger partial charge in [0.15, 0.2) is 0 Å². The molecule has 0 saturated carbocycles. The summed E-state index contributed by atoms with van der Waals surface area (Å²) in [5.74, 6) is -0.770. The molecule has 0 fully saturated rings. The predicted octanol–water partition coefficient (Wildman–Crippen LogP) is 5.37. The van der Waals surface area contributed by atoms with Crippen LogP contribution in [0.15, 0.2) is 24.4 Å². The molecule has 1 N–H and O–H groups in total. The topological polar surface area (TPSA) is 67.5 Å². The number of carboxylic acid groups (broad SMARTS) is 1. The number of hydrogen-bond donors (Lipinski definition) is 1. The number of halogens is 2. The molecule has 0 aromatic carbocycles. The fourth-order valence-electron chi connectivity index (χ4n) is 3.36. The minimum Gasteiger partial charge on any atom is -0.481 e. The Balaban J connectivity index is 2.13. The normalized spacial score (nSPS) is 11.3. The van der Waals surface area contributed by atoms with Crippen LogP contribution in [0.1, 0.15) is 43.1 Å². The van der Waals surface area contributed by atoms with E-state index in [0.717, 1.165) is 52.9 Å². The molecule has 7 heteroatoms. The van der Waals surface area contributed by atoms with Gasteiger partial charge >= 0.3 is 5.97 Å². The van der Waals surface area contributed by atoms with Crippen molar-refractivity contribution in [2.75, 3.05) is 0 Å². The number of unbranched alkanes of at least 4 members (excludes halogenated alkanes) is 1. The van der Waals surface area contributed by atoms with E-state index in [-0.39, 0.29) is 11.6 Å². The number of nitrogens with zero attached hydrogens (tertiary/aromatic N) is 3. The fourth-order valence-corrected chi connectivity index (χ4v) is 3.63. The second kappa shape index (κ2) is 8.28. The maximum Gasteiger partial charge on any atom is 0.303 e. The number of aliphatic carboxylic acids is 1. The first-order valence-electron chi connectivity index (χ1n) is 8.95. The quantitative estimate of drug-likeness (QED) is 0.423. The molecule has 0 aliphatic carbocycles. The fraction of sp³-hybridized carbons (Fsp3) is 0.350. The third kappa shape index (κ3) is 4.09. The highest BCUT2D eigenvalue weighted by Crippen LogP contribution is 2.34. The van der Waals surface area contributed by atoms with Crippen LogP contribution >= 0.6 is 23.2 Å². The molecule has 0 amide bonds. The largest absolute Gasteiger partial charge is 0.481 e. The molecular formula is C20H21Cl2N3O2. The predicted molar refractivity (Wildman–Crippen MR) is 108 cm³/mol. The first-order chi connectivity index (χ1) is 12.9. The van der Waals surface area contributed by atoms with Crippen LogP contribution in [0, 0.1) is 6.92 Å². The molecule has 0 aliphatic rings. The molecular weight excluding hydrogens is 385 g/mol. The highest BCUT2D eigenvalue weighted by molar-refractivity contribution is 6.41. The number of aryl methyl sites for hydroxylation is 2. The average molecular weight is 406 g/mol. The van der Waals surface area contributed by atoms with Crippen LogP contribution in [0.5, 0.6) is 0 Å². The maximum absolute atomic E-state index is 10.8. The van der Waals surface area contributed by atoms with E-state index in [1.807, 2.05) is 17.5 Å². The van der Waals surface area contributed by atoms with Crippen LogP contribution in [0.2, 0.25) is 10.2 Å². The number of rotatable bonds is 7. The summed E-state index contributed by atoms with van der Waals surface area (Å²) in [6, 6.07) is 5.96. The zero-order valence-electron chi connectivity index (χ0n) is 15.3. The third-order valence-electron chi connectivity index (χ3n) is 4.69. The van der Waals surface area contributed by atoms with Gasteiger partial charge in [-0.25, -0.2) is 9.50 Å². The summed E-state index contributed by atoms with van der Waals surface area (Å²) in [6.07, 6.45) is 4.91. The van der Waals surface area contributed by atoms with Crippen molar-refractivity contribution in [2.24, 2.45) is 0 Å². The lowest BCUT2D eigenvalue weighted by atomic mass is 9.95. The van der Waals surface area contributed by atoms with Crippen molar-refractivity contribution < 1.29 is 9.90 Å². The highest BCUT2D eigenvalue weighted by Gasteiger charge is 2.18. The van der Waals surface area contributed by atoms with Crippen molar-refractivity contribution in [3.05, 3.63) is 51.5 Å². The maximum atomic E-state index is 10.8. The molecule has 3 aromatic heterocycles. The summed E-state index contributed by atoms with van der Waals surface area (Å²) in [7, 11) is 0. The molecule has 142 valence electrons. The Bertz CT molecular complexity index is 999. The molecule has 3 aromatic rings. The number of fused-ring (bicyclic) bond motifs is 1. The van der Waals surface area contributed by atoms with Gasteiger partial charge in [0, 0.05) is 29.4 Å². The third-order valence-corrected chi connectivity index (χ3v) is 5.38. The van der Waals surface area contributed by atoms with Gasteiger partial charge < -0.3 is 5.11 Å². The second-order valence-electron chi connectivity index (χ2n) is 6.51. The van der Waals surface area contributed by atoms with Gasteiger partial charge in [0.25, 0.3) is 0 Å². The molecule has 3 heterocycles. The van der Waals surface area contributed by atoms with Gasteiger partial charge in [-0.1, -0.05) is 30.1 Å². The van der Waals surface area contributed by atoms with Crippen molar-refractivity contribution in [3.8, 4) is 11.1 Å². The van der Waals surface area contributed by atoms with Crippen LogP contribution in [0.25, 0.3) is 16.6 Å². The number of carbonyl (C=O) groups is 1. The molecule has 5 nitrogen and oxygen atoms in total. The molecule has 0 aliphatic heterocycles. The van der Waals surface area contributed by atoms with Crippen LogP contribution in [0.4, 0.5) is 0 Å². The number of hydrogen-bond acceptors (Lipinski definition) is 3. The van der Waals surface area contributed by atoms with Crippen LogP contribution in [0.3, 0.4) is 0 Å². The highest BCUT2D eigenvalue weighted by atomic mass is 35.5. The van der Waals surface area contributed by atoms with Crippen molar-refractivity contribution in [1.29, 1.82) is 0 Å². The second-order valence-corrected chi connectivity index (χ2v) is 7.28. The molecule has 0 unspecified atom stereocenters. The summed E-state index contributed by atoms with van der Waals surface area (Å²) < 4.78 is 1.97. The molecule has 0 spiro atoms. The Morgan fingerprint density at radius 3 is 2.70 bits per heavy atom. The lowest BCUT2D eigenvalue weighted by Crippen LogP contribution is -2.06. The monoisotopic (exact) mass is 405 g/mol. The number of pyridine rings is 1. The Labute approximate surface area is 167 Å². The molecule has 0 saturated heterocycles. The van der Waals surface area contributed by atoms with E-state index in [1.54, 1.807) is 6.20 Å². The summed E-state index contributed by atoms with van der Waals surface area (Å²) in [6.45, 7) is 4.08. The SMILES string of the molecule is CCc1ccc2c(-c3cnc(Cl)c(Cl)c3)c(CCCCC(=O)O)c(C)nn12. The van der Waals surface area contributed by atoms with E-state index >= 15 is 0 Å². The first-order valence-corrected chi connectivity index (χ1v) is 9.71. The summed E-state index contributed by atoms with van der Waals surface area (Å²) in [5, 5.41) is 14.3. The average Bonchev–Trinajstić information content (AvgIpc) is 3.03.